The van der Waals surface area contributed by atoms with E-state index in [9.17, 15) is 4.79 Å². The zero-order valence-corrected chi connectivity index (χ0v) is 9.76. The predicted octanol–water partition coefficient (Wildman–Crippen LogP) is 1.05. The largest absolute Gasteiger partial charge is 0.466 e. The molecular weight excluding hydrogens is 192 g/mol. The number of rotatable bonds is 10. The molecule has 0 spiro atoms. The van der Waals surface area contributed by atoms with Gasteiger partial charge in [0.15, 0.2) is 0 Å². The molecule has 0 radical (unpaired) electrons. The molecule has 0 rings (SSSR count). The zero-order valence-electron chi connectivity index (χ0n) is 9.76. The lowest BCUT2D eigenvalue weighted by Gasteiger charge is -2.05. The summed E-state index contributed by atoms with van der Waals surface area (Å²) < 4.78 is 5.01. The van der Waals surface area contributed by atoms with Gasteiger partial charge in [0, 0.05) is 6.54 Å². The van der Waals surface area contributed by atoms with Crippen LogP contribution in [0.25, 0.3) is 0 Å². The van der Waals surface area contributed by atoms with Crippen molar-refractivity contribution in [1.82, 2.24) is 5.32 Å². The highest BCUT2D eigenvalue weighted by molar-refractivity contribution is 5.69. The maximum absolute atomic E-state index is 11.1. The Morgan fingerprint density at radius 3 is 2.73 bits per heavy atom. The van der Waals surface area contributed by atoms with Gasteiger partial charge in [0.1, 0.15) is 0 Å². The van der Waals surface area contributed by atoms with E-state index in [0.29, 0.717) is 19.6 Å². The average molecular weight is 216 g/mol. The van der Waals surface area contributed by atoms with Crippen LogP contribution in [0, 0.1) is 0 Å². The van der Waals surface area contributed by atoms with E-state index in [2.05, 4.69) is 12.2 Å². The van der Waals surface area contributed by atoms with Gasteiger partial charge in [0.05, 0.1) is 13.0 Å². The van der Waals surface area contributed by atoms with Gasteiger partial charge in [-0.3, -0.25) is 4.79 Å². The molecule has 0 aromatic rings. The molecule has 0 aliphatic heterocycles. The highest BCUT2D eigenvalue weighted by atomic mass is 16.5. The van der Waals surface area contributed by atoms with E-state index in [4.69, 9.17) is 10.5 Å². The second kappa shape index (κ2) is 11.5. The molecule has 0 saturated carbocycles. The fourth-order valence-electron chi connectivity index (χ4n) is 1.11. The Balaban J connectivity index is 3.10. The third kappa shape index (κ3) is 11.3. The van der Waals surface area contributed by atoms with Crippen LogP contribution in [0.5, 0.6) is 0 Å². The molecule has 3 N–H and O–H groups in total. The molecule has 0 unspecified atom stereocenters. The number of ether oxygens (including phenoxy) is 1. The minimum atomic E-state index is -0.102. The molecule has 0 saturated heterocycles. The first-order chi connectivity index (χ1) is 7.31. The van der Waals surface area contributed by atoms with Gasteiger partial charge in [-0.25, -0.2) is 0 Å². The van der Waals surface area contributed by atoms with Crippen molar-refractivity contribution < 1.29 is 9.53 Å². The highest BCUT2D eigenvalue weighted by Crippen LogP contribution is 1.91. The summed E-state index contributed by atoms with van der Waals surface area (Å²) in [6, 6.07) is 0. The second-order valence-electron chi connectivity index (χ2n) is 3.57. The maximum Gasteiger partial charge on any atom is 0.307 e. The number of hydrogen-bond donors (Lipinski definition) is 2. The molecule has 90 valence electrons. The van der Waals surface area contributed by atoms with Crippen molar-refractivity contribution in [2.24, 2.45) is 5.73 Å². The molecule has 15 heavy (non-hydrogen) atoms. The molecular formula is C11H24N2O2. The molecule has 0 aliphatic carbocycles. The third-order valence-electron chi connectivity index (χ3n) is 2.07. The van der Waals surface area contributed by atoms with Gasteiger partial charge in [-0.05, 0) is 32.4 Å². The summed E-state index contributed by atoms with van der Waals surface area (Å²) >= 11 is 0. The van der Waals surface area contributed by atoms with Crippen molar-refractivity contribution >= 4 is 5.97 Å². The first kappa shape index (κ1) is 14.4. The van der Waals surface area contributed by atoms with Gasteiger partial charge < -0.3 is 15.8 Å². The van der Waals surface area contributed by atoms with Crippen LogP contribution >= 0.6 is 0 Å². The molecule has 0 amide bonds. The number of hydrogen-bond acceptors (Lipinski definition) is 4. The highest BCUT2D eigenvalue weighted by Gasteiger charge is 2.00. The van der Waals surface area contributed by atoms with E-state index in [1.54, 1.807) is 0 Å². The van der Waals surface area contributed by atoms with E-state index in [0.717, 1.165) is 38.8 Å². The molecule has 0 atom stereocenters. The summed E-state index contributed by atoms with van der Waals surface area (Å²) in [4.78, 5) is 11.1. The van der Waals surface area contributed by atoms with Gasteiger partial charge in [-0.15, -0.1) is 0 Å². The number of carbonyl (C=O) groups is 1. The smallest absolute Gasteiger partial charge is 0.307 e. The molecule has 0 heterocycles. The molecule has 4 nitrogen and oxygen atoms in total. The monoisotopic (exact) mass is 216 g/mol. The maximum atomic E-state index is 11.1. The van der Waals surface area contributed by atoms with Crippen molar-refractivity contribution in [3.63, 3.8) is 0 Å². The molecule has 0 fully saturated rings. The van der Waals surface area contributed by atoms with E-state index in [-0.39, 0.29) is 5.97 Å². The van der Waals surface area contributed by atoms with Crippen molar-refractivity contribution in [2.45, 2.75) is 39.0 Å². The van der Waals surface area contributed by atoms with Crippen LogP contribution in [0.1, 0.15) is 39.0 Å². The fourth-order valence-corrected chi connectivity index (χ4v) is 1.11. The molecule has 0 aliphatic rings. The van der Waals surface area contributed by atoms with Crippen molar-refractivity contribution in [3.05, 3.63) is 0 Å². The third-order valence-corrected chi connectivity index (χ3v) is 2.07. The van der Waals surface area contributed by atoms with E-state index in [1.807, 2.05) is 0 Å². The lowest BCUT2D eigenvalue weighted by molar-refractivity contribution is -0.143. The standard InChI is InChI=1S/C11H24N2O2/c1-2-3-10-15-11(14)6-9-13-8-5-4-7-12/h13H,2-10,12H2,1H3. The fraction of sp³-hybridized carbons (Fsp3) is 0.909. The topological polar surface area (TPSA) is 64.3 Å². The number of nitrogens with two attached hydrogens (primary N) is 1. The zero-order chi connectivity index (χ0) is 11.4. The first-order valence-corrected chi connectivity index (χ1v) is 5.87. The van der Waals surface area contributed by atoms with Crippen LogP contribution in [-0.4, -0.2) is 32.2 Å². The second-order valence-corrected chi connectivity index (χ2v) is 3.57. The Hall–Kier alpha value is -0.610. The van der Waals surface area contributed by atoms with Crippen LogP contribution < -0.4 is 11.1 Å². The SMILES string of the molecule is CCCCOC(=O)CCNCCCCN. The molecule has 0 bridgehead atoms. The number of carbonyl (C=O) groups excluding carboxylic acids is 1. The van der Waals surface area contributed by atoms with Crippen molar-refractivity contribution in [3.8, 4) is 0 Å². The summed E-state index contributed by atoms with van der Waals surface area (Å²) in [5.41, 5.74) is 5.36. The minimum Gasteiger partial charge on any atom is -0.466 e. The van der Waals surface area contributed by atoms with Crippen molar-refractivity contribution in [1.29, 1.82) is 0 Å². The Bertz CT molecular complexity index is 152. The quantitative estimate of drug-likeness (QED) is 0.423. The minimum absolute atomic E-state index is 0.102. The van der Waals surface area contributed by atoms with Gasteiger partial charge >= 0.3 is 5.97 Å². The van der Waals surface area contributed by atoms with Crippen molar-refractivity contribution in [2.75, 3.05) is 26.2 Å². The molecule has 0 aromatic carbocycles. The summed E-state index contributed by atoms with van der Waals surface area (Å²) in [7, 11) is 0. The number of esters is 1. The van der Waals surface area contributed by atoms with E-state index >= 15 is 0 Å². The number of unbranched alkanes of at least 4 members (excludes halogenated alkanes) is 2. The Labute approximate surface area is 92.6 Å². The average Bonchev–Trinajstić information content (AvgIpc) is 2.23. The normalized spacial score (nSPS) is 10.3. The molecule has 4 heteroatoms. The van der Waals surface area contributed by atoms with E-state index in [1.165, 1.54) is 0 Å². The summed E-state index contributed by atoms with van der Waals surface area (Å²) in [5, 5.41) is 3.19. The van der Waals surface area contributed by atoms with Crippen LogP contribution in [0.3, 0.4) is 0 Å². The van der Waals surface area contributed by atoms with Crippen LogP contribution in [-0.2, 0) is 9.53 Å². The van der Waals surface area contributed by atoms with Gasteiger partial charge in [0.2, 0.25) is 0 Å². The van der Waals surface area contributed by atoms with E-state index < -0.39 is 0 Å². The Morgan fingerprint density at radius 1 is 1.27 bits per heavy atom. The Morgan fingerprint density at radius 2 is 2.07 bits per heavy atom. The molecule has 0 aromatic heterocycles. The lowest BCUT2D eigenvalue weighted by atomic mass is 10.3. The summed E-state index contributed by atoms with van der Waals surface area (Å²) in [6.45, 7) is 5.01. The van der Waals surface area contributed by atoms with Crippen LogP contribution in [0.4, 0.5) is 0 Å². The van der Waals surface area contributed by atoms with Gasteiger partial charge in [0.25, 0.3) is 0 Å². The number of nitrogens with one attached hydrogen (secondary N) is 1. The summed E-state index contributed by atoms with van der Waals surface area (Å²) in [6.07, 6.45) is 4.59. The summed E-state index contributed by atoms with van der Waals surface area (Å²) in [5.74, 6) is -0.102. The lowest BCUT2D eigenvalue weighted by Crippen LogP contribution is -2.21. The van der Waals surface area contributed by atoms with Gasteiger partial charge in [-0.1, -0.05) is 13.3 Å². The van der Waals surface area contributed by atoms with Crippen LogP contribution in [0.2, 0.25) is 0 Å². The Kier molecular flexibility index (Phi) is 11.0. The first-order valence-electron chi connectivity index (χ1n) is 5.87. The van der Waals surface area contributed by atoms with Gasteiger partial charge in [-0.2, -0.15) is 0 Å². The van der Waals surface area contributed by atoms with Crippen LogP contribution in [0.15, 0.2) is 0 Å². The predicted molar refractivity (Wildman–Crippen MR) is 61.6 cm³/mol.